The van der Waals surface area contributed by atoms with E-state index in [1.165, 1.54) is 5.56 Å². The van der Waals surface area contributed by atoms with E-state index in [1.807, 2.05) is 31.3 Å². The number of nitrogens with zero attached hydrogens (tertiary/aromatic N) is 5. The number of benzene rings is 1. The van der Waals surface area contributed by atoms with Crippen LogP contribution in [0.25, 0.3) is 0 Å². The van der Waals surface area contributed by atoms with Crippen molar-refractivity contribution in [1.82, 2.24) is 24.5 Å². The third-order valence-corrected chi connectivity index (χ3v) is 4.89. The van der Waals surface area contributed by atoms with E-state index in [0.717, 1.165) is 35.4 Å². The summed E-state index contributed by atoms with van der Waals surface area (Å²) in [5.41, 5.74) is 2.18. The number of halogens is 1. The smallest absolute Gasteiger partial charge is 0.191 e. The summed E-state index contributed by atoms with van der Waals surface area (Å²) < 4.78 is 3.82. The van der Waals surface area contributed by atoms with E-state index in [2.05, 4.69) is 38.9 Å². The lowest BCUT2D eigenvalue weighted by atomic mass is 10.1. The van der Waals surface area contributed by atoms with Gasteiger partial charge in [0.05, 0.1) is 5.69 Å². The van der Waals surface area contributed by atoms with E-state index < -0.39 is 0 Å². The van der Waals surface area contributed by atoms with Gasteiger partial charge in [0.25, 0.3) is 0 Å². The van der Waals surface area contributed by atoms with Crippen molar-refractivity contribution in [2.24, 2.45) is 7.05 Å². The molecule has 1 aromatic carbocycles. The maximum Gasteiger partial charge on any atom is 0.191 e. The van der Waals surface area contributed by atoms with E-state index in [-0.39, 0.29) is 0 Å². The van der Waals surface area contributed by atoms with Crippen molar-refractivity contribution in [2.45, 2.75) is 30.8 Å². The van der Waals surface area contributed by atoms with Crippen molar-refractivity contribution in [1.29, 1.82) is 0 Å². The number of aryl methyl sites for hydroxylation is 1. The molecule has 0 unspecified atom stereocenters. The number of rotatable bonds is 6. The summed E-state index contributed by atoms with van der Waals surface area (Å²) >= 11 is 7.66. The predicted octanol–water partition coefficient (Wildman–Crippen LogP) is 3.57. The van der Waals surface area contributed by atoms with Crippen LogP contribution >= 0.6 is 23.4 Å². The Hall–Kier alpha value is -1.79. The summed E-state index contributed by atoms with van der Waals surface area (Å²) in [5.74, 6) is 1.71. The molecule has 0 saturated carbocycles. The molecule has 0 radical (unpaired) electrons. The van der Waals surface area contributed by atoms with Crippen LogP contribution in [0.15, 0.2) is 41.6 Å². The lowest BCUT2D eigenvalue weighted by Gasteiger charge is -2.06. The molecule has 0 atom stereocenters. The molecule has 7 heteroatoms. The number of aromatic nitrogens is 5. The van der Waals surface area contributed by atoms with Gasteiger partial charge in [0, 0.05) is 25.8 Å². The summed E-state index contributed by atoms with van der Waals surface area (Å²) in [5, 5.41) is 14.6. The van der Waals surface area contributed by atoms with E-state index in [4.69, 9.17) is 11.6 Å². The highest BCUT2D eigenvalue weighted by Crippen LogP contribution is 2.23. The van der Waals surface area contributed by atoms with Crippen LogP contribution in [0, 0.1) is 0 Å². The zero-order chi connectivity index (χ0) is 16.2. The minimum Gasteiger partial charge on any atom is -0.306 e. The fourth-order valence-electron chi connectivity index (χ4n) is 2.36. The van der Waals surface area contributed by atoms with Gasteiger partial charge in [0.2, 0.25) is 0 Å². The third kappa shape index (κ3) is 3.76. The lowest BCUT2D eigenvalue weighted by Crippen LogP contribution is -2.04. The summed E-state index contributed by atoms with van der Waals surface area (Å²) in [4.78, 5) is 0. The summed E-state index contributed by atoms with van der Waals surface area (Å²) in [6, 6.07) is 12.2. The molecule has 2 heterocycles. The Morgan fingerprint density at radius 2 is 1.96 bits per heavy atom. The summed E-state index contributed by atoms with van der Waals surface area (Å²) in [7, 11) is 1.84. The van der Waals surface area contributed by atoms with E-state index in [0.29, 0.717) is 5.15 Å². The van der Waals surface area contributed by atoms with E-state index >= 15 is 0 Å². The second-order valence-corrected chi connectivity index (χ2v) is 6.51. The molecule has 120 valence electrons. The number of hydrogen-bond acceptors (Lipinski definition) is 4. The summed E-state index contributed by atoms with van der Waals surface area (Å²) in [6.45, 7) is 2.96. The van der Waals surface area contributed by atoms with E-state index in [9.17, 15) is 0 Å². The molecule has 2 aromatic heterocycles. The fourth-order valence-corrected chi connectivity index (χ4v) is 3.43. The average molecular weight is 348 g/mol. The SMILES string of the molecule is CCn1c(Cc2ccccc2)nnc1SCc1cc(Cl)n(C)n1. The number of thioether (sulfide) groups is 1. The minimum absolute atomic E-state index is 0.641. The molecule has 0 saturated heterocycles. The van der Waals surface area contributed by atoms with Gasteiger partial charge in [-0.1, -0.05) is 53.7 Å². The van der Waals surface area contributed by atoms with Gasteiger partial charge >= 0.3 is 0 Å². The largest absolute Gasteiger partial charge is 0.306 e. The molecule has 0 fully saturated rings. The van der Waals surface area contributed by atoms with Crippen LogP contribution in [-0.4, -0.2) is 24.5 Å². The highest BCUT2D eigenvalue weighted by atomic mass is 35.5. The molecular formula is C16H18ClN5S. The van der Waals surface area contributed by atoms with Crippen molar-refractivity contribution >= 4 is 23.4 Å². The first-order chi connectivity index (χ1) is 11.2. The van der Waals surface area contributed by atoms with Crippen LogP contribution < -0.4 is 0 Å². The van der Waals surface area contributed by atoms with Gasteiger partial charge in [0.1, 0.15) is 11.0 Å². The average Bonchev–Trinajstić information content (AvgIpc) is 3.09. The molecule has 0 N–H and O–H groups in total. The Kier molecular flexibility index (Phi) is 5.03. The topological polar surface area (TPSA) is 48.5 Å². The Morgan fingerprint density at radius 3 is 2.61 bits per heavy atom. The van der Waals surface area contributed by atoms with Crippen molar-refractivity contribution in [3.05, 3.63) is 58.6 Å². The van der Waals surface area contributed by atoms with Crippen molar-refractivity contribution in [3.63, 3.8) is 0 Å². The van der Waals surface area contributed by atoms with Crippen molar-refractivity contribution in [3.8, 4) is 0 Å². The standard InChI is InChI=1S/C16H18ClN5S/c1-3-22-15(9-12-7-5-4-6-8-12)18-19-16(22)23-11-13-10-14(17)21(2)20-13/h4-8,10H,3,9,11H2,1-2H3. The maximum absolute atomic E-state index is 6.02. The summed E-state index contributed by atoms with van der Waals surface area (Å²) in [6.07, 6.45) is 0.789. The molecule has 0 amide bonds. The first kappa shape index (κ1) is 16.1. The van der Waals surface area contributed by atoms with Gasteiger partial charge in [-0.3, -0.25) is 4.68 Å². The maximum atomic E-state index is 6.02. The highest BCUT2D eigenvalue weighted by molar-refractivity contribution is 7.98. The molecule has 3 rings (SSSR count). The fraction of sp³-hybridized carbons (Fsp3) is 0.312. The molecule has 0 aliphatic heterocycles. The zero-order valence-corrected chi connectivity index (χ0v) is 14.7. The molecule has 0 bridgehead atoms. The van der Waals surface area contributed by atoms with Crippen molar-refractivity contribution < 1.29 is 0 Å². The Labute approximate surface area is 144 Å². The predicted molar refractivity (Wildman–Crippen MR) is 92.7 cm³/mol. The molecule has 5 nitrogen and oxygen atoms in total. The van der Waals surface area contributed by atoms with Gasteiger partial charge in [-0.05, 0) is 18.6 Å². The second-order valence-electron chi connectivity index (χ2n) is 5.18. The monoisotopic (exact) mass is 347 g/mol. The second kappa shape index (κ2) is 7.19. The van der Waals surface area contributed by atoms with Gasteiger partial charge in [-0.15, -0.1) is 10.2 Å². The van der Waals surface area contributed by atoms with Crippen LogP contribution in [-0.2, 0) is 25.8 Å². The van der Waals surface area contributed by atoms with Crippen molar-refractivity contribution in [2.75, 3.05) is 0 Å². The van der Waals surface area contributed by atoms with Crippen LogP contribution in [0.5, 0.6) is 0 Å². The van der Waals surface area contributed by atoms with E-state index in [1.54, 1.807) is 16.4 Å². The Morgan fingerprint density at radius 1 is 1.17 bits per heavy atom. The quantitative estimate of drug-likeness (QED) is 0.640. The molecule has 0 spiro atoms. The van der Waals surface area contributed by atoms with Crippen LogP contribution in [0.1, 0.15) is 24.0 Å². The first-order valence-corrected chi connectivity index (χ1v) is 8.81. The first-order valence-electron chi connectivity index (χ1n) is 7.44. The van der Waals surface area contributed by atoms with Crippen LogP contribution in [0.4, 0.5) is 0 Å². The Balaban J connectivity index is 1.73. The highest BCUT2D eigenvalue weighted by Gasteiger charge is 2.13. The Bertz CT molecular complexity index is 762. The molecule has 0 aliphatic rings. The zero-order valence-electron chi connectivity index (χ0n) is 13.1. The molecule has 23 heavy (non-hydrogen) atoms. The minimum atomic E-state index is 0.641. The van der Waals surface area contributed by atoms with Gasteiger partial charge in [0.15, 0.2) is 5.16 Å². The normalized spacial score (nSPS) is 11.1. The van der Waals surface area contributed by atoms with Crippen LogP contribution in [0.2, 0.25) is 5.15 Å². The van der Waals surface area contributed by atoms with Gasteiger partial charge in [-0.2, -0.15) is 5.10 Å². The lowest BCUT2D eigenvalue weighted by molar-refractivity contribution is 0.651. The number of hydrogen-bond donors (Lipinski definition) is 0. The van der Waals surface area contributed by atoms with Gasteiger partial charge < -0.3 is 4.57 Å². The molecule has 3 aromatic rings. The molecule has 0 aliphatic carbocycles. The van der Waals surface area contributed by atoms with Crippen LogP contribution in [0.3, 0.4) is 0 Å². The third-order valence-electron chi connectivity index (χ3n) is 3.54. The van der Waals surface area contributed by atoms with Gasteiger partial charge in [-0.25, -0.2) is 0 Å². The molecular weight excluding hydrogens is 330 g/mol.